The Hall–Kier alpha value is -0.560. The van der Waals surface area contributed by atoms with E-state index in [2.05, 4.69) is 25.1 Å². The van der Waals surface area contributed by atoms with Gasteiger partial charge in [0.05, 0.1) is 18.8 Å². The second-order valence-electron chi connectivity index (χ2n) is 5.90. The van der Waals surface area contributed by atoms with E-state index in [1.54, 1.807) is 0 Å². The Bertz CT molecular complexity index is 287. The molecular formula is C17H31NO2. The summed E-state index contributed by atoms with van der Waals surface area (Å²) in [6, 6.07) is 0.299. The van der Waals surface area contributed by atoms with Crippen molar-refractivity contribution in [1.82, 2.24) is 5.32 Å². The first-order chi connectivity index (χ1) is 9.71. The van der Waals surface area contributed by atoms with Crippen molar-refractivity contribution in [3.63, 3.8) is 0 Å². The van der Waals surface area contributed by atoms with Gasteiger partial charge in [-0.15, -0.1) is 12.3 Å². The number of hydrogen-bond donors (Lipinski definition) is 2. The predicted molar refractivity (Wildman–Crippen MR) is 83.5 cm³/mol. The Morgan fingerprint density at radius 1 is 1.35 bits per heavy atom. The van der Waals surface area contributed by atoms with Crippen LogP contribution in [0.15, 0.2) is 0 Å². The average Bonchev–Trinajstić information content (AvgIpc) is 2.49. The lowest BCUT2D eigenvalue weighted by Gasteiger charge is -2.31. The summed E-state index contributed by atoms with van der Waals surface area (Å²) in [7, 11) is 0. The maximum atomic E-state index is 10.0. The van der Waals surface area contributed by atoms with Crippen LogP contribution in [0.5, 0.6) is 0 Å². The molecule has 20 heavy (non-hydrogen) atoms. The third-order valence-electron chi connectivity index (χ3n) is 4.37. The number of nitrogens with one attached hydrogen (secondary N) is 1. The Labute approximate surface area is 124 Å². The van der Waals surface area contributed by atoms with Crippen molar-refractivity contribution in [1.29, 1.82) is 0 Å². The van der Waals surface area contributed by atoms with E-state index in [-0.39, 0.29) is 0 Å². The summed E-state index contributed by atoms with van der Waals surface area (Å²) in [6.07, 6.45) is 13.1. The summed E-state index contributed by atoms with van der Waals surface area (Å²) in [5.41, 5.74) is 0. The summed E-state index contributed by atoms with van der Waals surface area (Å²) in [4.78, 5) is 0. The van der Waals surface area contributed by atoms with E-state index < -0.39 is 6.10 Å². The lowest BCUT2D eigenvalue weighted by atomic mass is 9.85. The van der Waals surface area contributed by atoms with Gasteiger partial charge in [-0.1, -0.05) is 33.1 Å². The van der Waals surface area contributed by atoms with Crippen LogP contribution in [-0.2, 0) is 4.74 Å². The van der Waals surface area contributed by atoms with Gasteiger partial charge in [-0.2, -0.15) is 0 Å². The molecule has 116 valence electrons. The highest BCUT2D eigenvalue weighted by Gasteiger charge is 2.24. The van der Waals surface area contributed by atoms with Crippen molar-refractivity contribution in [3.05, 3.63) is 0 Å². The molecule has 1 fully saturated rings. The highest BCUT2D eigenvalue weighted by molar-refractivity contribution is 4.89. The molecule has 0 aromatic rings. The summed E-state index contributed by atoms with van der Waals surface area (Å²) in [6.45, 7) is 5.33. The molecule has 1 aliphatic rings. The van der Waals surface area contributed by atoms with Gasteiger partial charge in [0, 0.05) is 19.0 Å². The van der Waals surface area contributed by atoms with E-state index in [1.165, 1.54) is 25.7 Å². The van der Waals surface area contributed by atoms with Crippen LogP contribution in [-0.4, -0.2) is 36.5 Å². The normalized spacial score (nSPS) is 25.9. The van der Waals surface area contributed by atoms with Gasteiger partial charge in [0.15, 0.2) is 0 Å². The van der Waals surface area contributed by atoms with Crippen LogP contribution in [0.3, 0.4) is 0 Å². The van der Waals surface area contributed by atoms with Gasteiger partial charge in [0.1, 0.15) is 0 Å². The van der Waals surface area contributed by atoms with Gasteiger partial charge in [-0.05, 0) is 25.2 Å². The highest BCUT2D eigenvalue weighted by Crippen LogP contribution is 2.29. The number of terminal acetylenes is 1. The maximum Gasteiger partial charge on any atom is 0.0897 e. The first-order valence-electron chi connectivity index (χ1n) is 8.17. The van der Waals surface area contributed by atoms with Gasteiger partial charge >= 0.3 is 0 Å². The maximum absolute atomic E-state index is 10.0. The van der Waals surface area contributed by atoms with Crippen LogP contribution in [0.2, 0.25) is 0 Å². The molecule has 0 radical (unpaired) electrons. The van der Waals surface area contributed by atoms with Crippen molar-refractivity contribution >= 4 is 0 Å². The predicted octanol–water partition coefficient (Wildman–Crippen LogP) is 2.72. The minimum Gasteiger partial charge on any atom is -0.389 e. The van der Waals surface area contributed by atoms with Gasteiger partial charge in [0.25, 0.3) is 0 Å². The van der Waals surface area contributed by atoms with E-state index in [4.69, 9.17) is 11.2 Å². The van der Waals surface area contributed by atoms with E-state index in [0.717, 1.165) is 12.8 Å². The minimum atomic E-state index is -0.443. The SMILES string of the molecule is C#CCC(CC)NCC(O)COC1CCCCC1CC. The quantitative estimate of drug-likeness (QED) is 0.639. The molecule has 0 aromatic heterocycles. The molecule has 1 saturated carbocycles. The van der Waals surface area contributed by atoms with E-state index >= 15 is 0 Å². The number of aliphatic hydroxyl groups is 1. The van der Waals surface area contributed by atoms with Gasteiger partial charge in [-0.25, -0.2) is 0 Å². The molecule has 0 heterocycles. The number of ether oxygens (including phenoxy) is 1. The summed E-state index contributed by atoms with van der Waals surface area (Å²) < 4.78 is 5.94. The zero-order valence-electron chi connectivity index (χ0n) is 13.1. The smallest absolute Gasteiger partial charge is 0.0897 e. The van der Waals surface area contributed by atoms with E-state index in [0.29, 0.717) is 37.6 Å². The van der Waals surface area contributed by atoms with Crippen molar-refractivity contribution in [3.8, 4) is 12.3 Å². The average molecular weight is 281 g/mol. The van der Waals surface area contributed by atoms with E-state index in [9.17, 15) is 5.11 Å². The molecule has 0 bridgehead atoms. The van der Waals surface area contributed by atoms with Gasteiger partial charge in [-0.3, -0.25) is 0 Å². The van der Waals surface area contributed by atoms with Crippen molar-refractivity contribution < 1.29 is 9.84 Å². The molecule has 0 saturated heterocycles. The third-order valence-corrected chi connectivity index (χ3v) is 4.37. The fraction of sp³-hybridized carbons (Fsp3) is 0.882. The summed E-state index contributed by atoms with van der Waals surface area (Å²) in [5, 5.41) is 13.3. The van der Waals surface area contributed by atoms with Crippen molar-refractivity contribution in [2.45, 2.75) is 77.0 Å². The Morgan fingerprint density at radius 3 is 2.75 bits per heavy atom. The first kappa shape index (κ1) is 17.5. The highest BCUT2D eigenvalue weighted by atomic mass is 16.5. The first-order valence-corrected chi connectivity index (χ1v) is 8.17. The van der Waals surface area contributed by atoms with Crippen LogP contribution in [0.4, 0.5) is 0 Å². The lowest BCUT2D eigenvalue weighted by molar-refractivity contribution is -0.0503. The molecule has 0 amide bonds. The molecule has 0 spiro atoms. The zero-order valence-corrected chi connectivity index (χ0v) is 13.1. The third kappa shape index (κ3) is 6.26. The molecule has 2 N–H and O–H groups in total. The van der Waals surface area contributed by atoms with Crippen LogP contribution in [0.25, 0.3) is 0 Å². The van der Waals surface area contributed by atoms with Gasteiger partial charge < -0.3 is 15.2 Å². The zero-order chi connectivity index (χ0) is 14.8. The second-order valence-corrected chi connectivity index (χ2v) is 5.90. The molecule has 4 unspecified atom stereocenters. The fourth-order valence-corrected chi connectivity index (χ4v) is 2.96. The Morgan fingerprint density at radius 2 is 2.10 bits per heavy atom. The standard InChI is InChI=1S/C17H31NO2/c1-4-9-15(6-3)18-12-16(19)13-20-17-11-8-7-10-14(17)5-2/h1,14-19H,5-13H2,2-3H3. The van der Waals surface area contributed by atoms with Crippen molar-refractivity contribution in [2.75, 3.05) is 13.2 Å². The summed E-state index contributed by atoms with van der Waals surface area (Å²) in [5.74, 6) is 3.34. The molecule has 3 heteroatoms. The van der Waals surface area contributed by atoms with Crippen LogP contribution in [0, 0.1) is 18.3 Å². The molecular weight excluding hydrogens is 250 g/mol. The van der Waals surface area contributed by atoms with E-state index in [1.807, 2.05) is 0 Å². The van der Waals surface area contributed by atoms with Gasteiger partial charge in [0.2, 0.25) is 0 Å². The molecule has 0 aliphatic heterocycles. The molecule has 4 atom stereocenters. The lowest BCUT2D eigenvalue weighted by Crippen LogP contribution is -2.38. The molecule has 1 aliphatic carbocycles. The van der Waals surface area contributed by atoms with Crippen LogP contribution in [0.1, 0.15) is 58.8 Å². The number of rotatable bonds is 9. The topological polar surface area (TPSA) is 41.5 Å². The molecule has 1 rings (SSSR count). The molecule has 3 nitrogen and oxygen atoms in total. The Kier molecular flexibility index (Phi) is 8.93. The van der Waals surface area contributed by atoms with Crippen LogP contribution < -0.4 is 5.32 Å². The van der Waals surface area contributed by atoms with Crippen molar-refractivity contribution in [2.24, 2.45) is 5.92 Å². The fourth-order valence-electron chi connectivity index (χ4n) is 2.96. The summed E-state index contributed by atoms with van der Waals surface area (Å²) >= 11 is 0. The largest absolute Gasteiger partial charge is 0.389 e. The molecule has 0 aromatic carbocycles. The second kappa shape index (κ2) is 10.2. The number of aliphatic hydroxyl groups excluding tert-OH is 1. The van der Waals surface area contributed by atoms with Crippen LogP contribution >= 0.6 is 0 Å². The Balaban J connectivity index is 2.21. The minimum absolute atomic E-state index is 0.299. The monoisotopic (exact) mass is 281 g/mol. The number of hydrogen-bond acceptors (Lipinski definition) is 3.